The van der Waals surface area contributed by atoms with Crippen LogP contribution >= 0.6 is 0 Å². The van der Waals surface area contributed by atoms with E-state index in [0.717, 1.165) is 19.3 Å². The molecule has 1 fully saturated rings. The quantitative estimate of drug-likeness (QED) is 0.657. The minimum atomic E-state index is -0.00826. The summed E-state index contributed by atoms with van der Waals surface area (Å²) in [7, 11) is 0. The highest BCUT2D eigenvalue weighted by atomic mass is 16.1. The largest absolute Gasteiger partial charge is 0.351 e. The summed E-state index contributed by atoms with van der Waals surface area (Å²) in [6.07, 6.45) is 3.38. The minimum Gasteiger partial charge on any atom is -0.351 e. The second kappa shape index (κ2) is 3.44. The summed E-state index contributed by atoms with van der Waals surface area (Å²) >= 11 is 0. The Morgan fingerprint density at radius 3 is 2.67 bits per heavy atom. The van der Waals surface area contributed by atoms with Gasteiger partial charge in [-0.15, -0.1) is 0 Å². The molecule has 0 radical (unpaired) electrons. The third kappa shape index (κ3) is 2.21. The third-order valence-corrected chi connectivity index (χ3v) is 2.34. The van der Waals surface area contributed by atoms with Crippen LogP contribution in [0.4, 0.5) is 0 Å². The number of rotatable bonds is 3. The first kappa shape index (κ1) is 9.52. The Labute approximate surface area is 73.7 Å². The monoisotopic (exact) mass is 170 g/mol. The molecule has 0 atom stereocenters. The number of nitrogens with one attached hydrogen (secondary N) is 1. The van der Waals surface area contributed by atoms with E-state index in [2.05, 4.69) is 12.2 Å². The molecule has 0 unspecified atom stereocenters. The van der Waals surface area contributed by atoms with E-state index in [1.807, 2.05) is 6.92 Å². The second-order valence-corrected chi connectivity index (χ2v) is 4.03. The van der Waals surface area contributed by atoms with Crippen molar-refractivity contribution in [1.82, 2.24) is 5.32 Å². The molecule has 3 nitrogen and oxygen atoms in total. The molecular formula is C9H18N2O. The molecule has 1 amide bonds. The van der Waals surface area contributed by atoms with Crippen molar-refractivity contribution in [2.75, 3.05) is 0 Å². The van der Waals surface area contributed by atoms with Gasteiger partial charge in [-0.2, -0.15) is 0 Å². The SMILES string of the molecule is CCCC(=O)NC1(C)CC(N)C1. The molecule has 0 aromatic rings. The topological polar surface area (TPSA) is 55.1 Å². The highest BCUT2D eigenvalue weighted by Gasteiger charge is 2.38. The van der Waals surface area contributed by atoms with Gasteiger partial charge in [-0.1, -0.05) is 6.92 Å². The van der Waals surface area contributed by atoms with Crippen LogP contribution in [0.5, 0.6) is 0 Å². The maximum atomic E-state index is 11.2. The summed E-state index contributed by atoms with van der Waals surface area (Å²) in [5.41, 5.74) is 5.64. The van der Waals surface area contributed by atoms with Crippen molar-refractivity contribution in [3.05, 3.63) is 0 Å². The lowest BCUT2D eigenvalue weighted by atomic mass is 9.74. The molecular weight excluding hydrogens is 152 g/mol. The van der Waals surface area contributed by atoms with Crippen molar-refractivity contribution in [3.8, 4) is 0 Å². The number of carbonyl (C=O) groups excluding carboxylic acids is 1. The van der Waals surface area contributed by atoms with Crippen LogP contribution < -0.4 is 11.1 Å². The summed E-state index contributed by atoms with van der Waals surface area (Å²) in [6.45, 7) is 4.07. The Kier molecular flexibility index (Phi) is 2.73. The molecule has 3 heteroatoms. The minimum absolute atomic E-state index is 0.00826. The smallest absolute Gasteiger partial charge is 0.220 e. The van der Waals surface area contributed by atoms with Crippen LogP contribution in [0.25, 0.3) is 0 Å². The fourth-order valence-electron chi connectivity index (χ4n) is 1.83. The summed E-state index contributed by atoms with van der Waals surface area (Å²) in [6, 6.07) is 0.289. The van der Waals surface area contributed by atoms with Crippen LogP contribution in [0.15, 0.2) is 0 Å². The normalized spacial score (nSPS) is 34.1. The van der Waals surface area contributed by atoms with Crippen molar-refractivity contribution in [2.24, 2.45) is 5.73 Å². The van der Waals surface area contributed by atoms with E-state index < -0.39 is 0 Å². The van der Waals surface area contributed by atoms with Crippen LogP contribution in [0, 0.1) is 0 Å². The van der Waals surface area contributed by atoms with Crippen LogP contribution in [0.1, 0.15) is 39.5 Å². The van der Waals surface area contributed by atoms with Gasteiger partial charge < -0.3 is 11.1 Å². The van der Waals surface area contributed by atoms with E-state index in [1.54, 1.807) is 0 Å². The van der Waals surface area contributed by atoms with E-state index >= 15 is 0 Å². The van der Waals surface area contributed by atoms with Gasteiger partial charge in [-0.05, 0) is 26.2 Å². The number of hydrogen-bond acceptors (Lipinski definition) is 2. The predicted octanol–water partition coefficient (Wildman–Crippen LogP) is 0.783. The maximum absolute atomic E-state index is 11.2. The van der Waals surface area contributed by atoms with Crippen molar-refractivity contribution in [1.29, 1.82) is 0 Å². The van der Waals surface area contributed by atoms with Gasteiger partial charge in [0.05, 0.1) is 0 Å². The van der Waals surface area contributed by atoms with E-state index in [-0.39, 0.29) is 17.5 Å². The molecule has 3 N–H and O–H groups in total. The first-order valence-corrected chi connectivity index (χ1v) is 4.62. The van der Waals surface area contributed by atoms with E-state index in [0.29, 0.717) is 6.42 Å². The molecule has 70 valence electrons. The van der Waals surface area contributed by atoms with Gasteiger partial charge in [0.1, 0.15) is 0 Å². The molecule has 0 heterocycles. The van der Waals surface area contributed by atoms with Gasteiger partial charge >= 0.3 is 0 Å². The highest BCUT2D eigenvalue weighted by molar-refractivity contribution is 5.76. The third-order valence-electron chi connectivity index (χ3n) is 2.34. The Hall–Kier alpha value is -0.570. The maximum Gasteiger partial charge on any atom is 0.220 e. The molecule has 0 aliphatic heterocycles. The van der Waals surface area contributed by atoms with Gasteiger partial charge in [-0.3, -0.25) is 4.79 Å². The van der Waals surface area contributed by atoms with Crippen molar-refractivity contribution in [2.45, 2.75) is 51.1 Å². The molecule has 0 aromatic carbocycles. The number of hydrogen-bond donors (Lipinski definition) is 2. The average molecular weight is 170 g/mol. The van der Waals surface area contributed by atoms with Crippen molar-refractivity contribution < 1.29 is 4.79 Å². The van der Waals surface area contributed by atoms with Gasteiger partial charge in [0.2, 0.25) is 5.91 Å². The first-order chi connectivity index (χ1) is 5.56. The Morgan fingerprint density at radius 2 is 2.25 bits per heavy atom. The highest BCUT2D eigenvalue weighted by Crippen LogP contribution is 2.30. The predicted molar refractivity (Wildman–Crippen MR) is 48.7 cm³/mol. The van der Waals surface area contributed by atoms with Crippen LogP contribution in [-0.2, 0) is 4.79 Å². The molecule has 1 saturated carbocycles. The van der Waals surface area contributed by atoms with Gasteiger partial charge in [0, 0.05) is 18.0 Å². The van der Waals surface area contributed by atoms with E-state index in [4.69, 9.17) is 5.73 Å². The summed E-state index contributed by atoms with van der Waals surface area (Å²) in [5, 5.41) is 3.01. The van der Waals surface area contributed by atoms with Gasteiger partial charge in [0.25, 0.3) is 0 Å². The Bertz CT molecular complexity index is 173. The van der Waals surface area contributed by atoms with Gasteiger partial charge in [0.15, 0.2) is 0 Å². The first-order valence-electron chi connectivity index (χ1n) is 4.62. The molecule has 0 aromatic heterocycles. The van der Waals surface area contributed by atoms with Crippen molar-refractivity contribution >= 4 is 5.91 Å². The average Bonchev–Trinajstić information content (AvgIpc) is 1.83. The lowest BCUT2D eigenvalue weighted by molar-refractivity contribution is -0.124. The summed E-state index contributed by atoms with van der Waals surface area (Å²) < 4.78 is 0. The Morgan fingerprint density at radius 1 is 1.67 bits per heavy atom. The number of carbonyl (C=O) groups is 1. The summed E-state index contributed by atoms with van der Waals surface area (Å²) in [5.74, 6) is 0.159. The van der Waals surface area contributed by atoms with Crippen LogP contribution in [0.2, 0.25) is 0 Å². The zero-order valence-corrected chi connectivity index (χ0v) is 7.89. The fourth-order valence-corrected chi connectivity index (χ4v) is 1.83. The molecule has 1 aliphatic carbocycles. The zero-order chi connectivity index (χ0) is 9.19. The van der Waals surface area contributed by atoms with E-state index in [1.165, 1.54) is 0 Å². The number of nitrogens with two attached hydrogens (primary N) is 1. The lowest BCUT2D eigenvalue weighted by Gasteiger charge is -2.44. The van der Waals surface area contributed by atoms with Crippen LogP contribution in [-0.4, -0.2) is 17.5 Å². The molecule has 0 saturated heterocycles. The zero-order valence-electron chi connectivity index (χ0n) is 7.89. The molecule has 12 heavy (non-hydrogen) atoms. The Balaban J connectivity index is 2.27. The lowest BCUT2D eigenvalue weighted by Crippen LogP contribution is -2.59. The standard InChI is InChI=1S/C9H18N2O/c1-3-4-8(12)11-9(2)5-7(10)6-9/h7H,3-6,10H2,1-2H3,(H,11,12). The molecule has 0 bridgehead atoms. The van der Waals surface area contributed by atoms with Crippen LogP contribution in [0.3, 0.4) is 0 Å². The molecule has 1 aliphatic rings. The number of amides is 1. The van der Waals surface area contributed by atoms with E-state index in [9.17, 15) is 4.79 Å². The fraction of sp³-hybridized carbons (Fsp3) is 0.889. The second-order valence-electron chi connectivity index (χ2n) is 4.03. The molecule has 0 spiro atoms. The summed E-state index contributed by atoms with van der Waals surface area (Å²) in [4.78, 5) is 11.2. The molecule has 1 rings (SSSR count). The van der Waals surface area contributed by atoms with Gasteiger partial charge in [-0.25, -0.2) is 0 Å². The van der Waals surface area contributed by atoms with Crippen molar-refractivity contribution in [3.63, 3.8) is 0 Å².